The van der Waals surface area contributed by atoms with Crippen molar-refractivity contribution in [2.75, 3.05) is 0 Å². The number of nitrogens with two attached hydrogens (primary N) is 1. The van der Waals surface area contributed by atoms with Crippen molar-refractivity contribution in [3.8, 4) is 0 Å². The van der Waals surface area contributed by atoms with E-state index in [1.807, 2.05) is 24.3 Å². The van der Waals surface area contributed by atoms with Crippen LogP contribution in [0.25, 0.3) is 0 Å². The monoisotopic (exact) mass is 303 g/mol. The van der Waals surface area contributed by atoms with Crippen LogP contribution in [0.3, 0.4) is 0 Å². The number of amides is 1. The molecule has 0 aliphatic heterocycles. The summed E-state index contributed by atoms with van der Waals surface area (Å²) in [7, 11) is 0. The third-order valence-corrected chi connectivity index (χ3v) is 3.02. The molecule has 6 heteroatoms. The molecule has 2 aromatic rings. The lowest BCUT2D eigenvalue weighted by atomic mass is 10.0. The van der Waals surface area contributed by atoms with Crippen LogP contribution in [0, 0.1) is 0 Å². The summed E-state index contributed by atoms with van der Waals surface area (Å²) in [6.45, 7) is 0.923. The van der Waals surface area contributed by atoms with Crippen LogP contribution in [0.1, 0.15) is 22.3 Å². The molecular formula is C16H21N3O3. The maximum absolute atomic E-state index is 8.62. The van der Waals surface area contributed by atoms with Gasteiger partial charge in [-0.15, -0.1) is 0 Å². The van der Waals surface area contributed by atoms with Gasteiger partial charge >= 0.3 is 0 Å². The zero-order valence-corrected chi connectivity index (χ0v) is 12.2. The highest BCUT2D eigenvalue weighted by atomic mass is 16.5. The maximum atomic E-state index is 8.62. The molecule has 22 heavy (non-hydrogen) atoms. The molecular weight excluding hydrogens is 282 g/mol. The Hall–Kier alpha value is -2.25. The molecule has 0 radical (unpaired) electrons. The summed E-state index contributed by atoms with van der Waals surface area (Å²) in [5.41, 5.74) is 13.0. The van der Waals surface area contributed by atoms with E-state index in [0.29, 0.717) is 13.1 Å². The number of carbonyl (C=O) groups excluding carboxylic acids is 1. The van der Waals surface area contributed by atoms with Crippen molar-refractivity contribution in [1.82, 2.24) is 11.0 Å². The number of hydroxylamine groups is 2. The molecule has 0 aromatic heterocycles. The fourth-order valence-corrected chi connectivity index (χ4v) is 1.97. The minimum atomic E-state index is 0.250. The summed E-state index contributed by atoms with van der Waals surface area (Å²) in [6.07, 6.45) is 1.12. The Bertz CT molecular complexity index is 494. The highest BCUT2D eigenvalue weighted by molar-refractivity contribution is 5.42. The van der Waals surface area contributed by atoms with Gasteiger partial charge in [0.1, 0.15) is 0 Å². The second-order valence-electron chi connectivity index (χ2n) is 4.62. The number of rotatable bonds is 6. The van der Waals surface area contributed by atoms with Crippen molar-refractivity contribution in [3.05, 3.63) is 70.8 Å². The number of primary amides is 1. The van der Waals surface area contributed by atoms with Crippen molar-refractivity contribution in [2.24, 2.45) is 5.73 Å². The molecule has 6 N–H and O–H groups in total. The lowest BCUT2D eigenvalue weighted by Crippen LogP contribution is -2.06. The standard InChI is InChI=1S/C15H18N2O2.CH3NO/c18-16-10-14-5-1-12(2-6-14)9-13-3-7-15(8-4-13)11-17-19;2-1-3/h1-8,16-19H,9-11H2;1H,(H2,2,3). The van der Waals surface area contributed by atoms with Crippen LogP contribution in [-0.2, 0) is 24.3 Å². The Balaban J connectivity index is 0.000000745. The minimum absolute atomic E-state index is 0.250. The molecule has 0 saturated heterocycles. The second-order valence-corrected chi connectivity index (χ2v) is 4.62. The molecule has 118 valence electrons. The third-order valence-electron chi connectivity index (χ3n) is 3.02. The lowest BCUT2D eigenvalue weighted by Gasteiger charge is -2.05. The van der Waals surface area contributed by atoms with Crippen LogP contribution in [-0.4, -0.2) is 16.8 Å². The van der Waals surface area contributed by atoms with E-state index >= 15 is 0 Å². The van der Waals surface area contributed by atoms with E-state index in [1.54, 1.807) is 0 Å². The maximum Gasteiger partial charge on any atom is 0.204 e. The number of hydrogen-bond donors (Lipinski definition) is 5. The van der Waals surface area contributed by atoms with Crippen LogP contribution >= 0.6 is 0 Å². The zero-order chi connectivity index (χ0) is 16.2. The predicted molar refractivity (Wildman–Crippen MR) is 83.2 cm³/mol. The van der Waals surface area contributed by atoms with E-state index < -0.39 is 0 Å². The lowest BCUT2D eigenvalue weighted by molar-refractivity contribution is -0.106. The summed E-state index contributed by atoms with van der Waals surface area (Å²) in [5.74, 6) is 0. The highest BCUT2D eigenvalue weighted by Crippen LogP contribution is 2.12. The van der Waals surface area contributed by atoms with Gasteiger partial charge in [-0.3, -0.25) is 4.79 Å². The summed E-state index contributed by atoms with van der Waals surface area (Å²) < 4.78 is 0. The molecule has 2 rings (SSSR count). The molecule has 0 bridgehead atoms. The molecule has 0 aliphatic carbocycles. The van der Waals surface area contributed by atoms with Crippen molar-refractivity contribution in [2.45, 2.75) is 19.5 Å². The van der Waals surface area contributed by atoms with Gasteiger partial charge < -0.3 is 16.1 Å². The van der Waals surface area contributed by atoms with Gasteiger partial charge in [0, 0.05) is 13.1 Å². The number of benzene rings is 2. The summed E-state index contributed by atoms with van der Waals surface area (Å²) in [4.78, 5) is 8.58. The normalized spacial score (nSPS) is 9.73. The van der Waals surface area contributed by atoms with Crippen molar-refractivity contribution in [3.63, 3.8) is 0 Å². The van der Waals surface area contributed by atoms with Gasteiger partial charge in [-0.2, -0.15) is 0 Å². The number of hydrogen-bond acceptors (Lipinski definition) is 5. The van der Waals surface area contributed by atoms with Gasteiger partial charge in [0.05, 0.1) is 0 Å². The van der Waals surface area contributed by atoms with E-state index in [1.165, 1.54) is 11.1 Å². The Morgan fingerprint density at radius 3 is 1.32 bits per heavy atom. The van der Waals surface area contributed by atoms with Crippen molar-refractivity contribution >= 4 is 6.41 Å². The highest BCUT2D eigenvalue weighted by Gasteiger charge is 1.98. The Labute approximate surface area is 129 Å². The first-order valence-corrected chi connectivity index (χ1v) is 6.78. The molecule has 2 aromatic carbocycles. The smallest absolute Gasteiger partial charge is 0.204 e. The van der Waals surface area contributed by atoms with Crippen LogP contribution < -0.4 is 16.7 Å². The van der Waals surface area contributed by atoms with Gasteiger partial charge in [-0.05, 0) is 28.7 Å². The molecule has 6 nitrogen and oxygen atoms in total. The Kier molecular flexibility index (Phi) is 8.47. The average Bonchev–Trinajstić information content (AvgIpc) is 2.53. The first kappa shape index (κ1) is 17.8. The van der Waals surface area contributed by atoms with Gasteiger partial charge in [-0.1, -0.05) is 48.5 Å². The molecule has 0 aliphatic rings. The third kappa shape index (κ3) is 6.47. The van der Waals surface area contributed by atoms with Gasteiger partial charge in [0.2, 0.25) is 6.41 Å². The summed E-state index contributed by atoms with van der Waals surface area (Å²) >= 11 is 0. The summed E-state index contributed by atoms with van der Waals surface area (Å²) in [6, 6.07) is 16.3. The molecule has 0 heterocycles. The Morgan fingerprint density at radius 2 is 1.05 bits per heavy atom. The zero-order valence-electron chi connectivity index (χ0n) is 12.2. The largest absolute Gasteiger partial charge is 0.372 e. The molecule has 0 fully saturated rings. The van der Waals surface area contributed by atoms with E-state index in [9.17, 15) is 0 Å². The van der Waals surface area contributed by atoms with Crippen molar-refractivity contribution < 1.29 is 15.2 Å². The fraction of sp³-hybridized carbons (Fsp3) is 0.188. The van der Waals surface area contributed by atoms with E-state index in [4.69, 9.17) is 15.2 Å². The molecule has 0 atom stereocenters. The second kappa shape index (κ2) is 10.5. The van der Waals surface area contributed by atoms with Gasteiger partial charge in [0.25, 0.3) is 0 Å². The molecule has 0 unspecified atom stereocenters. The van der Waals surface area contributed by atoms with Gasteiger partial charge in [0.15, 0.2) is 0 Å². The van der Waals surface area contributed by atoms with E-state index in [-0.39, 0.29) is 6.41 Å². The van der Waals surface area contributed by atoms with Crippen LogP contribution in [0.5, 0.6) is 0 Å². The molecule has 0 saturated carbocycles. The topological polar surface area (TPSA) is 108 Å². The summed E-state index contributed by atoms with van der Waals surface area (Å²) in [5, 5.41) is 17.2. The van der Waals surface area contributed by atoms with Crippen LogP contribution in [0.15, 0.2) is 48.5 Å². The number of nitrogens with one attached hydrogen (secondary N) is 2. The SMILES string of the molecule is NC=O.ONCc1ccc(Cc2ccc(CNO)cc2)cc1. The first-order valence-electron chi connectivity index (χ1n) is 6.78. The first-order chi connectivity index (χ1) is 10.7. The van der Waals surface area contributed by atoms with Crippen LogP contribution in [0.2, 0.25) is 0 Å². The number of carbonyl (C=O) groups is 1. The van der Waals surface area contributed by atoms with Crippen molar-refractivity contribution in [1.29, 1.82) is 0 Å². The van der Waals surface area contributed by atoms with Crippen LogP contribution in [0.4, 0.5) is 0 Å². The fourth-order valence-electron chi connectivity index (χ4n) is 1.97. The average molecular weight is 303 g/mol. The molecule has 1 amide bonds. The van der Waals surface area contributed by atoms with Gasteiger partial charge in [-0.25, -0.2) is 11.0 Å². The predicted octanol–water partition coefficient (Wildman–Crippen LogP) is 1.34. The van der Waals surface area contributed by atoms with E-state index in [2.05, 4.69) is 41.0 Å². The molecule has 0 spiro atoms. The van der Waals surface area contributed by atoms with E-state index in [0.717, 1.165) is 17.5 Å². The Morgan fingerprint density at radius 1 is 0.773 bits per heavy atom. The quantitative estimate of drug-likeness (QED) is 0.409. The minimum Gasteiger partial charge on any atom is -0.372 e.